The standard InChI is InChI=1S/C20H22BrN3S/c1-4-7-15-9-10-18(16(21)13-15)24(5-2)20-22-14(3)12-17(23-20)19-8-6-11-25-19/h6,8-13H,4-5,7H2,1-3H3. The lowest BCUT2D eigenvalue weighted by Crippen LogP contribution is -2.20. The molecule has 130 valence electrons. The predicted octanol–water partition coefficient (Wildman–Crippen LogP) is 6.39. The van der Waals surface area contributed by atoms with Gasteiger partial charge in [-0.3, -0.25) is 0 Å². The summed E-state index contributed by atoms with van der Waals surface area (Å²) in [5, 5.41) is 2.08. The third-order valence-corrected chi connectivity index (χ3v) is 5.54. The van der Waals surface area contributed by atoms with Crippen molar-refractivity contribution in [1.82, 2.24) is 9.97 Å². The molecule has 3 aromatic rings. The number of aromatic nitrogens is 2. The lowest BCUT2D eigenvalue weighted by atomic mass is 10.1. The van der Waals surface area contributed by atoms with E-state index >= 15 is 0 Å². The average molecular weight is 416 g/mol. The van der Waals surface area contributed by atoms with Gasteiger partial charge in [0.2, 0.25) is 5.95 Å². The Morgan fingerprint density at radius 1 is 1.12 bits per heavy atom. The molecule has 3 rings (SSSR count). The molecule has 1 aromatic carbocycles. The Morgan fingerprint density at radius 3 is 2.60 bits per heavy atom. The molecule has 0 N–H and O–H groups in total. The van der Waals surface area contributed by atoms with Gasteiger partial charge < -0.3 is 4.90 Å². The second-order valence-electron chi connectivity index (χ2n) is 5.95. The summed E-state index contributed by atoms with van der Waals surface area (Å²) >= 11 is 5.44. The van der Waals surface area contributed by atoms with Crippen molar-refractivity contribution in [2.24, 2.45) is 0 Å². The van der Waals surface area contributed by atoms with E-state index in [9.17, 15) is 0 Å². The zero-order valence-corrected chi connectivity index (χ0v) is 17.2. The maximum Gasteiger partial charge on any atom is 0.230 e. The van der Waals surface area contributed by atoms with Gasteiger partial charge in [-0.25, -0.2) is 9.97 Å². The van der Waals surface area contributed by atoms with E-state index in [1.54, 1.807) is 11.3 Å². The molecular formula is C20H22BrN3S. The Hall–Kier alpha value is -1.72. The highest BCUT2D eigenvalue weighted by molar-refractivity contribution is 9.10. The minimum atomic E-state index is 0.745. The van der Waals surface area contributed by atoms with E-state index in [0.717, 1.165) is 46.9 Å². The highest BCUT2D eigenvalue weighted by atomic mass is 79.9. The topological polar surface area (TPSA) is 29.0 Å². The van der Waals surface area contributed by atoms with Crippen LogP contribution in [0.2, 0.25) is 0 Å². The maximum atomic E-state index is 4.83. The largest absolute Gasteiger partial charge is 0.310 e. The summed E-state index contributed by atoms with van der Waals surface area (Å²) in [6, 6.07) is 12.8. The highest BCUT2D eigenvalue weighted by Gasteiger charge is 2.16. The molecule has 25 heavy (non-hydrogen) atoms. The van der Waals surface area contributed by atoms with Gasteiger partial charge in [-0.05, 0) is 71.4 Å². The summed E-state index contributed by atoms with van der Waals surface area (Å²) in [5.74, 6) is 0.745. The first kappa shape index (κ1) is 18.1. The third-order valence-electron chi connectivity index (χ3n) is 4.02. The van der Waals surface area contributed by atoms with E-state index in [0.29, 0.717) is 0 Å². The van der Waals surface area contributed by atoms with Gasteiger partial charge in [-0.15, -0.1) is 11.3 Å². The number of nitrogens with zero attached hydrogens (tertiary/aromatic N) is 3. The molecule has 0 saturated heterocycles. The first-order chi connectivity index (χ1) is 12.1. The van der Waals surface area contributed by atoms with Crippen LogP contribution in [0.15, 0.2) is 46.3 Å². The van der Waals surface area contributed by atoms with Gasteiger partial charge in [-0.2, -0.15) is 0 Å². The van der Waals surface area contributed by atoms with Gasteiger partial charge in [0.15, 0.2) is 0 Å². The van der Waals surface area contributed by atoms with Crippen molar-refractivity contribution in [2.75, 3.05) is 11.4 Å². The summed E-state index contributed by atoms with van der Waals surface area (Å²) in [4.78, 5) is 12.8. The minimum Gasteiger partial charge on any atom is -0.310 e. The molecule has 2 heterocycles. The van der Waals surface area contributed by atoms with E-state index in [4.69, 9.17) is 4.98 Å². The molecule has 0 saturated carbocycles. The Kier molecular flexibility index (Phi) is 5.86. The number of aryl methyl sites for hydroxylation is 2. The normalized spacial score (nSPS) is 10.9. The van der Waals surface area contributed by atoms with Crippen molar-refractivity contribution in [2.45, 2.75) is 33.6 Å². The van der Waals surface area contributed by atoms with Crippen molar-refractivity contribution >= 4 is 38.9 Å². The molecule has 3 nitrogen and oxygen atoms in total. The van der Waals surface area contributed by atoms with Crippen LogP contribution in [0.5, 0.6) is 0 Å². The van der Waals surface area contributed by atoms with Gasteiger partial charge in [0, 0.05) is 16.7 Å². The van der Waals surface area contributed by atoms with Gasteiger partial charge in [-0.1, -0.05) is 25.5 Å². The van der Waals surface area contributed by atoms with Crippen molar-refractivity contribution in [1.29, 1.82) is 0 Å². The quantitative estimate of drug-likeness (QED) is 0.467. The van der Waals surface area contributed by atoms with Crippen LogP contribution in [-0.4, -0.2) is 16.5 Å². The number of hydrogen-bond acceptors (Lipinski definition) is 4. The van der Waals surface area contributed by atoms with E-state index < -0.39 is 0 Å². The fraction of sp³-hybridized carbons (Fsp3) is 0.300. The molecule has 0 spiro atoms. The zero-order valence-electron chi connectivity index (χ0n) is 14.8. The molecule has 0 fully saturated rings. The maximum absolute atomic E-state index is 4.83. The van der Waals surface area contributed by atoms with Gasteiger partial charge >= 0.3 is 0 Å². The van der Waals surface area contributed by atoms with Crippen LogP contribution in [0, 0.1) is 6.92 Å². The number of rotatable bonds is 6. The fourth-order valence-electron chi connectivity index (χ4n) is 2.86. The molecule has 0 radical (unpaired) electrons. The van der Waals surface area contributed by atoms with Crippen LogP contribution >= 0.6 is 27.3 Å². The number of thiophene rings is 1. The van der Waals surface area contributed by atoms with Gasteiger partial charge in [0.05, 0.1) is 16.3 Å². The second kappa shape index (κ2) is 8.11. The summed E-state index contributed by atoms with van der Waals surface area (Å²) < 4.78 is 1.09. The Labute approximate surface area is 161 Å². The molecular weight excluding hydrogens is 394 g/mol. The number of benzene rings is 1. The van der Waals surface area contributed by atoms with Crippen molar-refractivity contribution in [3.05, 3.63) is 57.5 Å². The van der Waals surface area contributed by atoms with Crippen LogP contribution in [0.4, 0.5) is 11.6 Å². The molecule has 2 aromatic heterocycles. The SMILES string of the molecule is CCCc1ccc(N(CC)c2nc(C)cc(-c3cccs3)n2)c(Br)c1. The van der Waals surface area contributed by atoms with Crippen molar-refractivity contribution < 1.29 is 0 Å². The lowest BCUT2D eigenvalue weighted by Gasteiger charge is -2.23. The molecule has 0 aliphatic heterocycles. The molecule has 0 aliphatic rings. The van der Waals surface area contributed by atoms with Crippen molar-refractivity contribution in [3.63, 3.8) is 0 Å². The zero-order chi connectivity index (χ0) is 17.8. The van der Waals surface area contributed by atoms with E-state index in [-0.39, 0.29) is 0 Å². The van der Waals surface area contributed by atoms with Crippen LogP contribution < -0.4 is 4.90 Å². The summed E-state index contributed by atoms with van der Waals surface area (Å²) in [6.07, 6.45) is 2.24. The number of hydrogen-bond donors (Lipinski definition) is 0. The van der Waals surface area contributed by atoms with Gasteiger partial charge in [0.25, 0.3) is 0 Å². The Balaban J connectivity index is 2.01. The van der Waals surface area contributed by atoms with Crippen LogP contribution in [0.3, 0.4) is 0 Å². The Morgan fingerprint density at radius 2 is 1.96 bits per heavy atom. The molecule has 0 unspecified atom stereocenters. The number of halogens is 1. The van der Waals surface area contributed by atoms with Crippen LogP contribution in [0.1, 0.15) is 31.5 Å². The van der Waals surface area contributed by atoms with E-state index in [1.807, 2.05) is 13.0 Å². The van der Waals surface area contributed by atoms with Crippen LogP contribution in [-0.2, 0) is 6.42 Å². The average Bonchev–Trinajstić information content (AvgIpc) is 3.12. The van der Waals surface area contributed by atoms with Crippen LogP contribution in [0.25, 0.3) is 10.6 Å². The smallest absolute Gasteiger partial charge is 0.230 e. The fourth-order valence-corrected chi connectivity index (χ4v) is 4.18. The molecule has 5 heteroatoms. The third kappa shape index (κ3) is 4.10. The molecule has 0 amide bonds. The summed E-state index contributed by atoms with van der Waals surface area (Å²) in [7, 11) is 0. The Bertz CT molecular complexity index is 846. The minimum absolute atomic E-state index is 0.745. The highest BCUT2D eigenvalue weighted by Crippen LogP contribution is 2.33. The first-order valence-corrected chi connectivity index (χ1v) is 10.2. The first-order valence-electron chi connectivity index (χ1n) is 8.58. The van der Waals surface area contributed by atoms with E-state index in [2.05, 4.69) is 75.4 Å². The second-order valence-corrected chi connectivity index (χ2v) is 7.75. The monoisotopic (exact) mass is 415 g/mol. The summed E-state index contributed by atoms with van der Waals surface area (Å²) in [6.45, 7) is 7.16. The predicted molar refractivity (Wildman–Crippen MR) is 111 cm³/mol. The molecule has 0 atom stereocenters. The summed E-state index contributed by atoms with van der Waals surface area (Å²) in [5.41, 5.74) is 4.41. The molecule has 0 aliphatic carbocycles. The van der Waals surface area contributed by atoms with E-state index in [1.165, 1.54) is 10.4 Å². The molecule has 0 bridgehead atoms. The van der Waals surface area contributed by atoms with Crippen molar-refractivity contribution in [3.8, 4) is 10.6 Å². The lowest BCUT2D eigenvalue weighted by molar-refractivity contribution is 0.912. The number of anilines is 2. The van der Waals surface area contributed by atoms with Gasteiger partial charge in [0.1, 0.15) is 0 Å².